The Labute approximate surface area is 210 Å². The number of aromatic carboxylic acids is 1. The van der Waals surface area contributed by atoms with Gasteiger partial charge in [-0.25, -0.2) is 18.2 Å². The van der Waals surface area contributed by atoms with Crippen molar-refractivity contribution in [2.45, 2.75) is 51.0 Å². The van der Waals surface area contributed by atoms with Gasteiger partial charge in [-0.15, -0.1) is 10.2 Å². The summed E-state index contributed by atoms with van der Waals surface area (Å²) < 4.78 is 30.0. The average Bonchev–Trinajstić information content (AvgIpc) is 3.19. The van der Waals surface area contributed by atoms with Crippen molar-refractivity contribution < 1.29 is 18.3 Å². The molecule has 3 aromatic rings. The van der Waals surface area contributed by atoms with Gasteiger partial charge in [0.2, 0.25) is 5.82 Å². The Balaban J connectivity index is 0.00000137. The first-order chi connectivity index (χ1) is 16.2. The molecule has 35 heavy (non-hydrogen) atoms. The van der Waals surface area contributed by atoms with Crippen LogP contribution in [0.2, 0.25) is 5.02 Å². The lowest BCUT2D eigenvalue weighted by Crippen LogP contribution is -2.17. The van der Waals surface area contributed by atoms with E-state index in [-0.39, 0.29) is 44.4 Å². The molecule has 0 radical (unpaired) electrons. The number of aromatic nitrogens is 4. The summed E-state index contributed by atoms with van der Waals surface area (Å²) in [7, 11) is -0.238. The van der Waals surface area contributed by atoms with Crippen LogP contribution in [-0.4, -0.2) is 53.3 Å². The first kappa shape index (κ1) is 28.2. The van der Waals surface area contributed by atoms with Crippen LogP contribution in [-0.2, 0) is 15.4 Å². The van der Waals surface area contributed by atoms with Crippen LogP contribution in [0.4, 0.5) is 5.69 Å². The fourth-order valence-corrected chi connectivity index (χ4v) is 4.34. The molecule has 190 valence electrons. The highest BCUT2D eigenvalue weighted by molar-refractivity contribution is 7.92. The molecule has 3 rings (SSSR count). The van der Waals surface area contributed by atoms with Gasteiger partial charge in [-0.3, -0.25) is 9.29 Å². The molecule has 0 saturated carbocycles. The van der Waals surface area contributed by atoms with Crippen LogP contribution in [0.1, 0.15) is 56.8 Å². The number of carbonyl (C=O) groups is 1. The van der Waals surface area contributed by atoms with Crippen LogP contribution >= 0.6 is 11.6 Å². The van der Waals surface area contributed by atoms with Crippen molar-refractivity contribution >= 4 is 33.3 Å². The average molecular weight is 523 g/mol. The smallest absolute Gasteiger partial charge is 0.374 e. The number of hydrogen-bond acceptors (Lipinski definition) is 7. The van der Waals surface area contributed by atoms with Gasteiger partial charge in [-0.1, -0.05) is 44.5 Å². The molecular formula is C23H31ClN6O4S. The summed E-state index contributed by atoms with van der Waals surface area (Å²) in [6.45, 7) is 9.63. The van der Waals surface area contributed by atoms with Gasteiger partial charge in [-0.2, -0.15) is 0 Å². The van der Waals surface area contributed by atoms with E-state index in [0.29, 0.717) is 0 Å². The maximum atomic E-state index is 13.1. The normalized spacial score (nSPS) is 11.7. The summed E-state index contributed by atoms with van der Waals surface area (Å²) in [5.41, 5.74) is 1.04. The number of nitrogens with zero attached hydrogens (tertiary/aromatic N) is 4. The number of halogens is 1. The lowest BCUT2D eigenvalue weighted by molar-refractivity contribution is 0.0676. The van der Waals surface area contributed by atoms with Gasteiger partial charge in [0, 0.05) is 12.2 Å². The lowest BCUT2D eigenvalue weighted by atomic mass is 9.87. The second kappa shape index (κ2) is 11.1. The summed E-state index contributed by atoms with van der Waals surface area (Å²) in [5.74, 6) is -1.43. The maximum absolute atomic E-state index is 13.1. The van der Waals surface area contributed by atoms with Crippen molar-refractivity contribution in [3.63, 3.8) is 0 Å². The molecule has 0 fully saturated rings. The molecule has 0 amide bonds. The zero-order chi connectivity index (χ0) is 26.6. The number of rotatable bonds is 6. The minimum Gasteiger partial charge on any atom is -0.475 e. The lowest BCUT2D eigenvalue weighted by Gasteiger charge is -2.19. The van der Waals surface area contributed by atoms with Crippen LogP contribution in [0.5, 0.6) is 0 Å². The van der Waals surface area contributed by atoms with Gasteiger partial charge >= 0.3 is 5.97 Å². The largest absolute Gasteiger partial charge is 0.475 e. The minimum absolute atomic E-state index is 0.0589. The van der Waals surface area contributed by atoms with Crippen molar-refractivity contribution in [3.05, 3.63) is 52.9 Å². The predicted octanol–water partition coefficient (Wildman–Crippen LogP) is 4.21. The molecule has 1 aromatic carbocycles. The molecule has 3 N–H and O–H groups in total. The highest BCUT2D eigenvalue weighted by atomic mass is 35.5. The van der Waals surface area contributed by atoms with Crippen LogP contribution < -0.4 is 10.0 Å². The van der Waals surface area contributed by atoms with Gasteiger partial charge in [-0.05, 0) is 57.1 Å². The van der Waals surface area contributed by atoms with Gasteiger partial charge in [0.25, 0.3) is 10.0 Å². The minimum atomic E-state index is -3.99. The molecule has 2 aromatic heterocycles. The fraction of sp³-hybridized carbons (Fsp3) is 0.391. The third kappa shape index (κ3) is 6.77. The number of nitrogens with one attached hydrogen (secondary N) is 2. The van der Waals surface area contributed by atoms with Crippen molar-refractivity contribution in [2.24, 2.45) is 0 Å². The van der Waals surface area contributed by atoms with E-state index in [1.54, 1.807) is 26.0 Å². The molecule has 0 aliphatic carbocycles. The molecule has 0 atom stereocenters. The Hall–Kier alpha value is -3.02. The highest BCUT2D eigenvalue weighted by Crippen LogP contribution is 2.31. The van der Waals surface area contributed by atoms with Crippen molar-refractivity contribution in [3.8, 4) is 11.5 Å². The summed E-state index contributed by atoms with van der Waals surface area (Å²) >= 11 is 6.07. The Kier molecular flexibility index (Phi) is 8.99. The van der Waals surface area contributed by atoms with Gasteiger partial charge in [0.1, 0.15) is 5.69 Å². The number of carboxylic acid groups (broad SMARTS) is 1. The second-order valence-corrected chi connectivity index (χ2v) is 11.2. The third-order valence-corrected chi connectivity index (χ3v) is 6.33. The number of sulfonamides is 1. The molecule has 0 saturated heterocycles. The highest BCUT2D eigenvalue weighted by Gasteiger charge is 2.26. The topological polar surface area (TPSA) is 139 Å². The van der Waals surface area contributed by atoms with E-state index >= 15 is 0 Å². The molecular weight excluding hydrogens is 492 g/mol. The number of benzene rings is 1. The van der Waals surface area contributed by atoms with E-state index in [4.69, 9.17) is 11.6 Å². The molecule has 0 aliphatic heterocycles. The van der Waals surface area contributed by atoms with E-state index < -0.39 is 16.0 Å². The zero-order valence-electron chi connectivity index (χ0n) is 20.8. The summed E-state index contributed by atoms with van der Waals surface area (Å²) in [5, 5.41) is 20.1. The number of hydrogen-bond donors (Lipinski definition) is 3. The quantitative estimate of drug-likeness (QED) is 0.437. The van der Waals surface area contributed by atoms with Crippen LogP contribution in [0, 0.1) is 0 Å². The van der Waals surface area contributed by atoms with Crippen molar-refractivity contribution in [2.75, 3.05) is 18.8 Å². The molecule has 0 bridgehead atoms. The number of pyridine rings is 1. The number of carboxylic acids is 1. The van der Waals surface area contributed by atoms with Crippen molar-refractivity contribution in [1.82, 2.24) is 25.1 Å². The molecule has 0 aliphatic rings. The molecule has 0 unspecified atom stereocenters. The Bertz CT molecular complexity index is 1280. The second-order valence-electron chi connectivity index (χ2n) is 9.05. The molecule has 2 heterocycles. The van der Waals surface area contributed by atoms with Crippen LogP contribution in [0.25, 0.3) is 11.5 Å². The summed E-state index contributed by atoms with van der Waals surface area (Å²) in [4.78, 5) is 15.8. The number of anilines is 1. The Morgan fingerprint density at radius 2 is 1.69 bits per heavy atom. The Morgan fingerprint density at radius 1 is 1.11 bits per heavy atom. The molecule has 0 spiro atoms. The monoisotopic (exact) mass is 522 g/mol. The summed E-state index contributed by atoms with van der Waals surface area (Å²) in [6, 6.07) is 7.66. The van der Waals surface area contributed by atoms with Gasteiger partial charge < -0.3 is 10.4 Å². The van der Waals surface area contributed by atoms with E-state index in [0.717, 1.165) is 5.56 Å². The van der Waals surface area contributed by atoms with E-state index in [1.807, 2.05) is 34.9 Å². The first-order valence-corrected chi connectivity index (χ1v) is 12.6. The van der Waals surface area contributed by atoms with Crippen LogP contribution in [0.15, 0.2) is 41.4 Å². The molecule has 12 heteroatoms. The van der Waals surface area contributed by atoms with E-state index in [9.17, 15) is 18.3 Å². The molecule has 10 nitrogen and oxygen atoms in total. The van der Waals surface area contributed by atoms with Gasteiger partial charge in [0.05, 0.1) is 15.6 Å². The van der Waals surface area contributed by atoms with Crippen molar-refractivity contribution in [1.29, 1.82) is 0 Å². The first-order valence-electron chi connectivity index (χ1n) is 10.8. The third-order valence-electron chi connectivity index (χ3n) is 4.74. The Morgan fingerprint density at radius 3 is 2.17 bits per heavy atom. The van der Waals surface area contributed by atoms with E-state index in [1.165, 1.54) is 29.0 Å². The maximum Gasteiger partial charge on any atom is 0.374 e. The summed E-state index contributed by atoms with van der Waals surface area (Å²) in [6.07, 6.45) is 1.33. The van der Waals surface area contributed by atoms with E-state index in [2.05, 4.69) is 25.2 Å². The SMILES string of the molecule is CC(C)n1c(C(=O)O)nnc1-c1ncc(Cl)cc1NS(=O)(=O)c1ccc(C(C)(C)C)cc1.CNC. The fourth-order valence-electron chi connectivity index (χ4n) is 3.12. The predicted molar refractivity (Wildman–Crippen MR) is 137 cm³/mol. The standard InChI is InChI=1S/C21H24ClN5O4S.C2H7N/c1-12(2)27-18(24-25-19(27)20(28)29)17-16(10-14(22)11-23-17)26-32(30,31)15-8-6-13(7-9-15)21(3,4)5;1-3-2/h6-12,26H,1-5H3,(H,28,29);3H,1-2H3. The van der Waals surface area contributed by atoms with Crippen LogP contribution in [0.3, 0.4) is 0 Å². The van der Waals surface area contributed by atoms with Gasteiger partial charge in [0.15, 0.2) is 5.82 Å². The zero-order valence-corrected chi connectivity index (χ0v) is 22.4.